The minimum Gasteiger partial charge on any atom is -0.354 e. The van der Waals surface area contributed by atoms with E-state index in [-0.39, 0.29) is 5.82 Å². The first kappa shape index (κ1) is 14.2. The second-order valence-electron chi connectivity index (χ2n) is 5.79. The Kier molecular flexibility index (Phi) is 3.67. The van der Waals surface area contributed by atoms with Crippen LogP contribution in [-0.2, 0) is 0 Å². The van der Waals surface area contributed by atoms with Gasteiger partial charge in [-0.05, 0) is 29.8 Å². The quantitative estimate of drug-likeness (QED) is 0.786. The van der Waals surface area contributed by atoms with Gasteiger partial charge in [-0.15, -0.1) is 0 Å². The van der Waals surface area contributed by atoms with Gasteiger partial charge in [-0.2, -0.15) is 0 Å². The smallest absolute Gasteiger partial charge is 0.129 e. The predicted molar refractivity (Wildman–Crippen MR) is 92.2 cm³/mol. The number of nitrogens with zero attached hydrogens (tertiary/aromatic N) is 2. The molecule has 1 fully saturated rings. The van der Waals surface area contributed by atoms with Crippen molar-refractivity contribution in [1.29, 1.82) is 0 Å². The molecule has 2 heterocycles. The lowest BCUT2D eigenvalue weighted by Crippen LogP contribution is -2.43. The number of rotatable bonds is 2. The fraction of sp³-hybridized carbons (Fsp3) is 0.211. The number of anilines is 1. The summed E-state index contributed by atoms with van der Waals surface area (Å²) in [5, 5.41) is 4.46. The van der Waals surface area contributed by atoms with E-state index in [1.165, 1.54) is 12.1 Å². The third-order valence-electron chi connectivity index (χ3n) is 4.30. The molecule has 0 aliphatic carbocycles. The highest BCUT2D eigenvalue weighted by atomic mass is 19.1. The lowest BCUT2D eigenvalue weighted by Gasteiger charge is -2.28. The fourth-order valence-electron chi connectivity index (χ4n) is 3.07. The van der Waals surface area contributed by atoms with E-state index in [0.717, 1.165) is 54.0 Å². The molecule has 1 aliphatic rings. The number of nitrogens with one attached hydrogen (secondary N) is 1. The molecule has 0 saturated carbocycles. The van der Waals surface area contributed by atoms with Crippen LogP contribution in [-0.4, -0.2) is 31.2 Å². The molecule has 3 nitrogen and oxygen atoms in total. The van der Waals surface area contributed by atoms with E-state index in [1.54, 1.807) is 0 Å². The highest BCUT2D eigenvalue weighted by Gasteiger charge is 2.13. The second-order valence-corrected chi connectivity index (χ2v) is 5.79. The number of pyridine rings is 1. The van der Waals surface area contributed by atoms with Gasteiger partial charge in [0.05, 0.1) is 5.52 Å². The van der Waals surface area contributed by atoms with Gasteiger partial charge in [0.25, 0.3) is 0 Å². The summed E-state index contributed by atoms with van der Waals surface area (Å²) < 4.78 is 13.2. The molecule has 2 aromatic carbocycles. The van der Waals surface area contributed by atoms with E-state index in [2.05, 4.69) is 28.4 Å². The monoisotopic (exact) mass is 307 g/mol. The minimum atomic E-state index is -0.219. The van der Waals surface area contributed by atoms with Gasteiger partial charge >= 0.3 is 0 Å². The molecule has 0 radical (unpaired) electrons. The lowest BCUT2D eigenvalue weighted by molar-refractivity contribution is 0.585. The molecule has 1 aliphatic heterocycles. The molecule has 23 heavy (non-hydrogen) atoms. The number of halogens is 1. The van der Waals surface area contributed by atoms with Crippen molar-refractivity contribution < 1.29 is 4.39 Å². The van der Waals surface area contributed by atoms with Gasteiger partial charge in [-0.1, -0.05) is 30.3 Å². The summed E-state index contributed by atoms with van der Waals surface area (Å²) in [6, 6.07) is 16.9. The molecule has 1 saturated heterocycles. The van der Waals surface area contributed by atoms with Crippen molar-refractivity contribution in [3.05, 3.63) is 60.4 Å². The molecule has 0 amide bonds. The van der Waals surface area contributed by atoms with Gasteiger partial charge < -0.3 is 10.2 Å². The van der Waals surface area contributed by atoms with Crippen molar-refractivity contribution in [2.75, 3.05) is 31.1 Å². The van der Waals surface area contributed by atoms with Crippen molar-refractivity contribution in [3.8, 4) is 11.1 Å². The highest BCUT2D eigenvalue weighted by molar-refractivity contribution is 5.94. The molecule has 0 bridgehead atoms. The van der Waals surface area contributed by atoms with Crippen LogP contribution < -0.4 is 10.2 Å². The summed E-state index contributed by atoms with van der Waals surface area (Å²) in [5.41, 5.74) is 3.00. The SMILES string of the molecule is Fc1ccc(-c2cccc3ccc(N4CCNCC4)nc23)cc1. The third-order valence-corrected chi connectivity index (χ3v) is 4.30. The van der Waals surface area contributed by atoms with Gasteiger partial charge in [-0.25, -0.2) is 9.37 Å². The number of piperazine rings is 1. The molecule has 0 unspecified atom stereocenters. The molecule has 116 valence electrons. The number of fused-ring (bicyclic) bond motifs is 1. The molecule has 4 heteroatoms. The number of hydrogen-bond donors (Lipinski definition) is 1. The average molecular weight is 307 g/mol. The van der Waals surface area contributed by atoms with Crippen LogP contribution in [0.4, 0.5) is 10.2 Å². The zero-order valence-corrected chi connectivity index (χ0v) is 12.8. The molecule has 0 atom stereocenters. The van der Waals surface area contributed by atoms with Crippen LogP contribution in [0.3, 0.4) is 0 Å². The summed E-state index contributed by atoms with van der Waals surface area (Å²) in [7, 11) is 0. The van der Waals surface area contributed by atoms with Gasteiger partial charge in [0.15, 0.2) is 0 Å². The van der Waals surface area contributed by atoms with Gasteiger partial charge in [0.1, 0.15) is 11.6 Å². The van der Waals surface area contributed by atoms with Crippen LogP contribution in [0, 0.1) is 5.82 Å². The van der Waals surface area contributed by atoms with Crippen LogP contribution in [0.15, 0.2) is 54.6 Å². The largest absolute Gasteiger partial charge is 0.354 e. The average Bonchev–Trinajstić information content (AvgIpc) is 2.62. The first-order valence-electron chi connectivity index (χ1n) is 7.93. The van der Waals surface area contributed by atoms with Gasteiger partial charge in [-0.3, -0.25) is 0 Å². The lowest BCUT2D eigenvalue weighted by atomic mass is 10.0. The number of para-hydroxylation sites is 1. The summed E-state index contributed by atoms with van der Waals surface area (Å²) in [4.78, 5) is 7.21. The highest BCUT2D eigenvalue weighted by Crippen LogP contribution is 2.29. The molecular formula is C19H18FN3. The standard InChI is InChI=1S/C19H18FN3/c20-16-7-4-14(5-8-16)17-3-1-2-15-6-9-18(22-19(15)17)23-12-10-21-11-13-23/h1-9,21H,10-13H2. The molecule has 3 aromatic rings. The van der Waals surface area contributed by atoms with Crippen molar-refractivity contribution in [2.24, 2.45) is 0 Å². The number of benzene rings is 2. The topological polar surface area (TPSA) is 28.2 Å². The molecule has 4 rings (SSSR count). The van der Waals surface area contributed by atoms with E-state index >= 15 is 0 Å². The maximum absolute atomic E-state index is 13.2. The maximum Gasteiger partial charge on any atom is 0.129 e. The van der Waals surface area contributed by atoms with Crippen molar-refractivity contribution in [1.82, 2.24) is 10.3 Å². The Bertz CT molecular complexity index is 824. The Morgan fingerprint density at radius 1 is 0.913 bits per heavy atom. The maximum atomic E-state index is 13.2. The minimum absolute atomic E-state index is 0.219. The molecular weight excluding hydrogens is 289 g/mol. The second kappa shape index (κ2) is 5.97. The van der Waals surface area contributed by atoms with Crippen molar-refractivity contribution in [2.45, 2.75) is 0 Å². The Morgan fingerprint density at radius 3 is 2.48 bits per heavy atom. The van der Waals surface area contributed by atoms with Crippen LogP contribution in [0.2, 0.25) is 0 Å². The first-order valence-corrected chi connectivity index (χ1v) is 7.93. The van der Waals surface area contributed by atoms with E-state index in [9.17, 15) is 4.39 Å². The zero-order chi connectivity index (χ0) is 15.6. The number of aromatic nitrogens is 1. The van der Waals surface area contributed by atoms with Crippen LogP contribution in [0.1, 0.15) is 0 Å². The van der Waals surface area contributed by atoms with Crippen LogP contribution in [0.5, 0.6) is 0 Å². The first-order chi connectivity index (χ1) is 11.3. The summed E-state index contributed by atoms with van der Waals surface area (Å²) in [6.45, 7) is 3.91. The van der Waals surface area contributed by atoms with Crippen LogP contribution in [0.25, 0.3) is 22.0 Å². The summed E-state index contributed by atoms with van der Waals surface area (Å²) >= 11 is 0. The fourth-order valence-corrected chi connectivity index (χ4v) is 3.07. The molecule has 1 aromatic heterocycles. The van der Waals surface area contributed by atoms with Gasteiger partial charge in [0.2, 0.25) is 0 Å². The Morgan fingerprint density at radius 2 is 1.70 bits per heavy atom. The molecule has 1 N–H and O–H groups in total. The van der Waals surface area contributed by atoms with E-state index in [1.807, 2.05) is 24.3 Å². The van der Waals surface area contributed by atoms with E-state index in [4.69, 9.17) is 4.98 Å². The zero-order valence-electron chi connectivity index (χ0n) is 12.8. The summed E-state index contributed by atoms with van der Waals surface area (Å²) in [5.74, 6) is 0.789. The Hall–Kier alpha value is -2.46. The van der Waals surface area contributed by atoms with E-state index < -0.39 is 0 Å². The normalized spacial score (nSPS) is 15.1. The number of hydrogen-bond acceptors (Lipinski definition) is 3. The van der Waals surface area contributed by atoms with Crippen molar-refractivity contribution in [3.63, 3.8) is 0 Å². The van der Waals surface area contributed by atoms with Crippen molar-refractivity contribution >= 4 is 16.7 Å². The summed E-state index contributed by atoms with van der Waals surface area (Å²) in [6.07, 6.45) is 0. The Balaban J connectivity index is 1.82. The third kappa shape index (κ3) is 2.78. The van der Waals surface area contributed by atoms with Gasteiger partial charge in [0, 0.05) is 37.1 Å². The van der Waals surface area contributed by atoms with Crippen LogP contribution >= 0.6 is 0 Å². The van der Waals surface area contributed by atoms with E-state index in [0.29, 0.717) is 0 Å². The Labute approximate surface area is 134 Å². The predicted octanol–water partition coefficient (Wildman–Crippen LogP) is 3.45. The molecule has 0 spiro atoms.